The Labute approximate surface area is 287 Å². The molecular weight excluding hydrogens is 624 g/mol. The number of benzene rings is 5. The molecule has 6 nitrogen and oxygen atoms in total. The molecule has 0 aromatic heterocycles. The molecule has 0 amide bonds. The molecule has 48 heavy (non-hydrogen) atoms. The molecule has 0 radical (unpaired) electrons. The van der Waals surface area contributed by atoms with Crippen molar-refractivity contribution in [2.75, 3.05) is 13.2 Å². The summed E-state index contributed by atoms with van der Waals surface area (Å²) in [6.45, 7) is 3.72. The van der Waals surface area contributed by atoms with Crippen molar-refractivity contribution in [1.82, 2.24) is 0 Å². The largest absolute Gasteiger partial charge is 0.494 e. The Kier molecular flexibility index (Phi) is 11.6. The summed E-state index contributed by atoms with van der Waals surface area (Å²) in [5, 5.41) is 13.2. The minimum absolute atomic E-state index is 0.189. The maximum absolute atomic E-state index is 12.6. The molecule has 0 bridgehead atoms. The highest BCUT2D eigenvalue weighted by Gasteiger charge is 2.57. The Bertz CT molecular complexity index is 1700. The van der Waals surface area contributed by atoms with Crippen LogP contribution in [0.5, 0.6) is 5.75 Å². The first-order valence-corrected chi connectivity index (χ1v) is 16.7. The van der Waals surface area contributed by atoms with Crippen molar-refractivity contribution in [3.05, 3.63) is 172 Å². The highest BCUT2D eigenvalue weighted by molar-refractivity contribution is 6.31. The molecule has 1 fully saturated rings. The molecule has 248 valence electrons. The van der Waals surface area contributed by atoms with Crippen LogP contribution in [0.1, 0.15) is 40.3 Å². The fraction of sp³-hybridized carbons (Fsp3) is 0.268. The zero-order valence-corrected chi connectivity index (χ0v) is 27.8. The lowest BCUT2D eigenvalue weighted by atomic mass is 9.94. The van der Waals surface area contributed by atoms with E-state index in [2.05, 4.69) is 0 Å². The van der Waals surface area contributed by atoms with Crippen LogP contribution in [0.25, 0.3) is 0 Å². The molecule has 5 aromatic carbocycles. The second-order valence-corrected chi connectivity index (χ2v) is 12.3. The summed E-state index contributed by atoms with van der Waals surface area (Å²) < 4.78 is 31.5. The third kappa shape index (κ3) is 8.52. The average molecular weight is 665 g/mol. The van der Waals surface area contributed by atoms with Crippen molar-refractivity contribution in [2.45, 2.75) is 57.3 Å². The molecule has 1 aliphatic rings. The van der Waals surface area contributed by atoms with Crippen molar-refractivity contribution in [1.29, 1.82) is 0 Å². The van der Waals surface area contributed by atoms with Gasteiger partial charge in [0.05, 0.1) is 33.0 Å². The maximum Gasteiger partial charge on any atom is 0.222 e. The van der Waals surface area contributed by atoms with Crippen LogP contribution in [0.3, 0.4) is 0 Å². The first-order chi connectivity index (χ1) is 23.5. The van der Waals surface area contributed by atoms with Crippen LogP contribution in [-0.2, 0) is 51.0 Å². The van der Waals surface area contributed by atoms with Crippen LogP contribution >= 0.6 is 11.6 Å². The molecule has 0 spiro atoms. The molecule has 0 saturated carbocycles. The standard InChI is InChI=1S/C41H41ClO6/c1-2-45-36-21-18-30(19-22-36)24-34-25-35(20-23-37(34)42)41(43)40(47-28-33-16-10-5-11-17-33)39(46-27-32-14-8-4-9-15-32)38(48-41)29-44-26-31-12-6-3-7-13-31/h3-23,25,38-40,43H,2,24,26-29H2,1H3/t38-,39-,40+,41?/m0/s1. The number of aliphatic hydroxyl groups is 1. The van der Waals surface area contributed by atoms with Crippen molar-refractivity contribution < 1.29 is 28.8 Å². The van der Waals surface area contributed by atoms with E-state index in [0.717, 1.165) is 33.6 Å². The summed E-state index contributed by atoms with van der Waals surface area (Å²) in [5.74, 6) is -1.04. The van der Waals surface area contributed by atoms with Crippen LogP contribution in [-0.4, -0.2) is 36.6 Å². The van der Waals surface area contributed by atoms with E-state index >= 15 is 0 Å². The number of halogens is 1. The number of rotatable bonds is 15. The quantitative estimate of drug-likeness (QED) is 0.122. The van der Waals surface area contributed by atoms with Crippen molar-refractivity contribution >= 4 is 11.6 Å². The molecule has 1 saturated heterocycles. The lowest BCUT2D eigenvalue weighted by molar-refractivity contribution is -0.253. The molecule has 0 aliphatic carbocycles. The molecule has 1 unspecified atom stereocenters. The Hall–Kier alpha value is -4.01. The summed E-state index contributed by atoms with van der Waals surface area (Å²) >= 11 is 6.74. The van der Waals surface area contributed by atoms with E-state index < -0.39 is 24.1 Å². The van der Waals surface area contributed by atoms with Gasteiger partial charge in [0.15, 0.2) is 0 Å². The summed E-state index contributed by atoms with van der Waals surface area (Å²) in [4.78, 5) is 0. The Morgan fingerprint density at radius 1 is 0.688 bits per heavy atom. The number of hydrogen-bond acceptors (Lipinski definition) is 6. The van der Waals surface area contributed by atoms with Crippen molar-refractivity contribution in [3.63, 3.8) is 0 Å². The third-order valence-corrected chi connectivity index (χ3v) is 8.79. The monoisotopic (exact) mass is 664 g/mol. The van der Waals surface area contributed by atoms with Gasteiger partial charge in [0.1, 0.15) is 24.1 Å². The third-order valence-electron chi connectivity index (χ3n) is 8.42. The molecule has 5 aromatic rings. The van der Waals surface area contributed by atoms with Gasteiger partial charge in [-0.1, -0.05) is 121 Å². The highest BCUT2D eigenvalue weighted by atomic mass is 35.5. The minimum Gasteiger partial charge on any atom is -0.494 e. The SMILES string of the molecule is CCOc1ccc(Cc2cc(C3(O)O[C@@H](COCc4ccccc4)[C@H](OCc4ccccc4)[C@H]3OCc3ccccc3)ccc2Cl)cc1. The summed E-state index contributed by atoms with van der Waals surface area (Å²) in [7, 11) is 0. The fourth-order valence-corrected chi connectivity index (χ4v) is 6.15. The van der Waals surface area contributed by atoms with Gasteiger partial charge in [-0.3, -0.25) is 0 Å². The predicted molar refractivity (Wildman–Crippen MR) is 187 cm³/mol. The van der Waals surface area contributed by atoms with Gasteiger partial charge >= 0.3 is 0 Å². The number of ether oxygens (including phenoxy) is 5. The van der Waals surface area contributed by atoms with E-state index in [9.17, 15) is 5.11 Å². The summed E-state index contributed by atoms with van der Waals surface area (Å²) in [6, 6.07) is 43.2. The van der Waals surface area contributed by atoms with Crippen LogP contribution in [0, 0.1) is 0 Å². The maximum atomic E-state index is 12.6. The Morgan fingerprint density at radius 3 is 1.88 bits per heavy atom. The highest BCUT2D eigenvalue weighted by Crippen LogP contribution is 2.43. The predicted octanol–water partition coefficient (Wildman–Crippen LogP) is 8.26. The van der Waals surface area contributed by atoms with E-state index in [1.165, 1.54) is 0 Å². The molecule has 6 rings (SSSR count). The van der Waals surface area contributed by atoms with E-state index in [-0.39, 0.29) is 13.2 Å². The Morgan fingerprint density at radius 2 is 1.27 bits per heavy atom. The minimum atomic E-state index is -1.85. The van der Waals surface area contributed by atoms with E-state index in [1.807, 2.05) is 128 Å². The molecule has 4 atom stereocenters. The molecule has 1 heterocycles. The second kappa shape index (κ2) is 16.4. The van der Waals surface area contributed by atoms with E-state index in [1.54, 1.807) is 12.1 Å². The van der Waals surface area contributed by atoms with E-state index in [4.69, 9.17) is 35.3 Å². The molecule has 1 N–H and O–H groups in total. The van der Waals surface area contributed by atoms with Gasteiger partial charge in [0.25, 0.3) is 0 Å². The summed E-state index contributed by atoms with van der Waals surface area (Å²) in [6.07, 6.45) is -1.61. The zero-order chi connectivity index (χ0) is 33.2. The lowest BCUT2D eigenvalue weighted by Crippen LogP contribution is -2.44. The van der Waals surface area contributed by atoms with Crippen LogP contribution in [0.2, 0.25) is 5.02 Å². The van der Waals surface area contributed by atoms with Gasteiger partial charge in [-0.2, -0.15) is 0 Å². The molecule has 1 aliphatic heterocycles. The first kappa shape index (κ1) is 33.9. The van der Waals surface area contributed by atoms with Crippen molar-refractivity contribution in [2.24, 2.45) is 0 Å². The van der Waals surface area contributed by atoms with Gasteiger partial charge in [-0.15, -0.1) is 0 Å². The van der Waals surface area contributed by atoms with Crippen LogP contribution in [0.15, 0.2) is 133 Å². The van der Waals surface area contributed by atoms with Crippen LogP contribution in [0.4, 0.5) is 0 Å². The Balaban J connectivity index is 1.31. The van der Waals surface area contributed by atoms with Gasteiger partial charge < -0.3 is 28.8 Å². The lowest BCUT2D eigenvalue weighted by Gasteiger charge is -2.31. The molecular formula is C41H41ClO6. The van der Waals surface area contributed by atoms with Gasteiger partial charge in [0, 0.05) is 10.6 Å². The smallest absolute Gasteiger partial charge is 0.222 e. The topological polar surface area (TPSA) is 66.4 Å². The fourth-order valence-electron chi connectivity index (χ4n) is 5.96. The number of hydrogen-bond donors (Lipinski definition) is 1. The summed E-state index contributed by atoms with van der Waals surface area (Å²) in [5.41, 5.74) is 5.46. The average Bonchev–Trinajstić information content (AvgIpc) is 3.40. The van der Waals surface area contributed by atoms with E-state index in [0.29, 0.717) is 36.8 Å². The zero-order valence-electron chi connectivity index (χ0n) is 27.0. The van der Waals surface area contributed by atoms with Crippen molar-refractivity contribution in [3.8, 4) is 5.75 Å². The first-order valence-electron chi connectivity index (χ1n) is 16.4. The van der Waals surface area contributed by atoms with Gasteiger partial charge in [0.2, 0.25) is 5.79 Å². The normalized spacial score (nSPS) is 20.5. The molecule has 7 heteroatoms. The van der Waals surface area contributed by atoms with Crippen LogP contribution < -0.4 is 4.74 Å². The van der Waals surface area contributed by atoms with Gasteiger partial charge in [-0.05, 0) is 65.4 Å². The second-order valence-electron chi connectivity index (χ2n) is 11.9. The van der Waals surface area contributed by atoms with Gasteiger partial charge in [-0.25, -0.2) is 0 Å².